The molecule has 0 atom stereocenters. The zero-order valence-corrected chi connectivity index (χ0v) is 13.5. The molecule has 0 spiro atoms. The van der Waals surface area contributed by atoms with Gasteiger partial charge in [0, 0.05) is 0 Å². The Labute approximate surface area is 139 Å². The van der Waals surface area contributed by atoms with Gasteiger partial charge in [-0.3, -0.25) is 0 Å². The lowest BCUT2D eigenvalue weighted by Crippen LogP contribution is -2.07. The molecule has 0 bridgehead atoms. The van der Waals surface area contributed by atoms with Crippen LogP contribution in [0.15, 0.2) is 91.0 Å². The van der Waals surface area contributed by atoms with Crippen LogP contribution in [0.5, 0.6) is 0 Å². The van der Waals surface area contributed by atoms with Crippen molar-refractivity contribution in [2.45, 2.75) is 25.7 Å². The molecule has 0 unspecified atom stereocenters. The van der Waals surface area contributed by atoms with Crippen molar-refractivity contribution >= 4 is 0 Å². The van der Waals surface area contributed by atoms with E-state index in [1.54, 1.807) is 5.92 Å². The molecule has 3 rings (SSSR count). The highest BCUT2D eigenvalue weighted by atomic mass is 14.2. The van der Waals surface area contributed by atoms with Gasteiger partial charge in [-0.2, -0.15) is 0 Å². The summed E-state index contributed by atoms with van der Waals surface area (Å²) in [6.07, 6.45) is 4.41. The van der Waals surface area contributed by atoms with Gasteiger partial charge in [0.1, 0.15) is 0 Å². The van der Waals surface area contributed by atoms with E-state index in [1.807, 2.05) is 0 Å². The second-order valence-electron chi connectivity index (χ2n) is 6.06. The summed E-state index contributed by atoms with van der Waals surface area (Å²) >= 11 is 0. The molecule has 0 heteroatoms. The summed E-state index contributed by atoms with van der Waals surface area (Å²) in [4.78, 5) is 0. The van der Waals surface area contributed by atoms with Crippen molar-refractivity contribution in [1.29, 1.82) is 0 Å². The van der Waals surface area contributed by atoms with E-state index >= 15 is 0 Å². The van der Waals surface area contributed by atoms with Gasteiger partial charge in [0.25, 0.3) is 0 Å². The Morgan fingerprint density at radius 2 is 0.870 bits per heavy atom. The number of rotatable bonds is 7. The molecule has 0 N–H and O–H groups in total. The van der Waals surface area contributed by atoms with Crippen molar-refractivity contribution in [1.82, 2.24) is 0 Å². The molecule has 0 aliphatic rings. The molecule has 0 aliphatic carbocycles. The highest BCUT2D eigenvalue weighted by Gasteiger charge is 2.12. The first-order chi connectivity index (χ1) is 11.4. The fourth-order valence-corrected chi connectivity index (χ4v) is 2.97. The Hall–Kier alpha value is -2.34. The number of hydrogen-bond donors (Lipinski definition) is 0. The molecular weight excluding hydrogens is 276 g/mol. The first-order valence-electron chi connectivity index (χ1n) is 8.35. The minimum Gasteiger partial charge on any atom is -0.0622 e. The second kappa shape index (κ2) is 8.33. The first kappa shape index (κ1) is 15.6. The van der Waals surface area contributed by atoms with Crippen molar-refractivity contribution in [3.05, 3.63) is 114 Å². The van der Waals surface area contributed by atoms with Crippen LogP contribution in [0.25, 0.3) is 0 Å². The maximum Gasteiger partial charge on any atom is -0.0151 e. The monoisotopic (exact) mass is 299 g/mol. The summed E-state index contributed by atoms with van der Waals surface area (Å²) in [7, 11) is 0. The van der Waals surface area contributed by atoms with Gasteiger partial charge < -0.3 is 0 Å². The molecule has 3 aromatic carbocycles. The fourth-order valence-electron chi connectivity index (χ4n) is 2.97. The van der Waals surface area contributed by atoms with E-state index in [0.717, 1.165) is 25.7 Å². The molecule has 0 saturated heterocycles. The third kappa shape index (κ3) is 5.10. The third-order valence-electron chi connectivity index (χ3n) is 4.20. The van der Waals surface area contributed by atoms with Crippen LogP contribution < -0.4 is 0 Å². The normalized spacial score (nSPS) is 10.8. The first-order valence-corrected chi connectivity index (χ1v) is 8.35. The van der Waals surface area contributed by atoms with E-state index in [9.17, 15) is 0 Å². The summed E-state index contributed by atoms with van der Waals surface area (Å²) in [5, 5.41) is 0. The largest absolute Gasteiger partial charge is 0.0622 e. The molecule has 0 saturated carbocycles. The Morgan fingerprint density at radius 3 is 1.30 bits per heavy atom. The lowest BCUT2D eigenvalue weighted by atomic mass is 9.88. The van der Waals surface area contributed by atoms with E-state index < -0.39 is 0 Å². The van der Waals surface area contributed by atoms with Gasteiger partial charge in [0.15, 0.2) is 0 Å². The summed E-state index contributed by atoms with van der Waals surface area (Å²) in [5.74, 6) is 1.60. The smallest absolute Gasteiger partial charge is 0.0151 e. The van der Waals surface area contributed by atoms with E-state index in [-0.39, 0.29) is 0 Å². The van der Waals surface area contributed by atoms with Crippen LogP contribution in [-0.4, -0.2) is 0 Å². The Morgan fingerprint density at radius 1 is 0.478 bits per heavy atom. The van der Waals surface area contributed by atoms with E-state index in [0.29, 0.717) is 0 Å². The Bertz CT molecular complexity index is 630. The highest BCUT2D eigenvalue weighted by molar-refractivity contribution is 5.25. The number of hydrogen-bond acceptors (Lipinski definition) is 0. The van der Waals surface area contributed by atoms with Gasteiger partial charge in [-0.05, 0) is 48.3 Å². The molecule has 23 heavy (non-hydrogen) atoms. The van der Waals surface area contributed by atoms with Crippen molar-refractivity contribution in [2.75, 3.05) is 0 Å². The van der Waals surface area contributed by atoms with Crippen LogP contribution in [0.2, 0.25) is 0 Å². The van der Waals surface area contributed by atoms with Gasteiger partial charge in [0.2, 0.25) is 0 Å². The molecule has 0 aromatic heterocycles. The number of aryl methyl sites for hydroxylation is 1. The summed E-state index contributed by atoms with van der Waals surface area (Å²) in [5.41, 5.74) is 4.24. The molecule has 0 heterocycles. The minimum atomic E-state index is 1.07. The average molecular weight is 299 g/mol. The zero-order valence-electron chi connectivity index (χ0n) is 13.5. The molecular formula is C23H23. The topological polar surface area (TPSA) is 0 Å². The van der Waals surface area contributed by atoms with E-state index in [1.165, 1.54) is 16.7 Å². The molecule has 0 nitrogen and oxygen atoms in total. The molecule has 0 aliphatic heterocycles. The summed E-state index contributed by atoms with van der Waals surface area (Å²) < 4.78 is 0. The minimum absolute atomic E-state index is 1.07. The van der Waals surface area contributed by atoms with E-state index in [4.69, 9.17) is 0 Å². The van der Waals surface area contributed by atoms with Crippen LogP contribution >= 0.6 is 0 Å². The maximum atomic E-state index is 2.23. The standard InChI is InChI=1S/C23H23/c1-4-10-20(11-5-1)16-17-23(18-21-12-6-2-7-13-21)19-22-14-8-3-9-15-22/h1-15H,16-19H2. The van der Waals surface area contributed by atoms with Crippen molar-refractivity contribution in [2.24, 2.45) is 0 Å². The van der Waals surface area contributed by atoms with E-state index in [2.05, 4.69) is 91.0 Å². The van der Waals surface area contributed by atoms with Gasteiger partial charge in [-0.1, -0.05) is 91.0 Å². The summed E-state index contributed by atoms with van der Waals surface area (Å²) in [6, 6.07) is 32.4. The average Bonchev–Trinajstić information content (AvgIpc) is 2.62. The zero-order chi connectivity index (χ0) is 15.7. The van der Waals surface area contributed by atoms with Gasteiger partial charge >= 0.3 is 0 Å². The highest BCUT2D eigenvalue weighted by Crippen LogP contribution is 2.22. The molecule has 1 radical (unpaired) electrons. The predicted octanol–water partition coefficient (Wildman–Crippen LogP) is 5.68. The predicted molar refractivity (Wildman–Crippen MR) is 98.3 cm³/mol. The third-order valence-corrected chi connectivity index (χ3v) is 4.20. The van der Waals surface area contributed by atoms with Crippen molar-refractivity contribution in [3.63, 3.8) is 0 Å². The molecule has 0 fully saturated rings. The summed E-state index contributed by atoms with van der Waals surface area (Å²) in [6.45, 7) is 0. The van der Waals surface area contributed by atoms with Crippen LogP contribution in [-0.2, 0) is 19.3 Å². The molecule has 115 valence electrons. The van der Waals surface area contributed by atoms with Crippen LogP contribution in [0.4, 0.5) is 0 Å². The lowest BCUT2D eigenvalue weighted by molar-refractivity contribution is 0.727. The van der Waals surface area contributed by atoms with Crippen LogP contribution in [0.3, 0.4) is 0 Å². The lowest BCUT2D eigenvalue weighted by Gasteiger charge is -2.17. The van der Waals surface area contributed by atoms with Crippen LogP contribution in [0, 0.1) is 5.92 Å². The molecule has 0 amide bonds. The fraction of sp³-hybridized carbons (Fsp3) is 0.174. The molecule has 3 aromatic rings. The second-order valence-corrected chi connectivity index (χ2v) is 6.06. The van der Waals surface area contributed by atoms with Crippen LogP contribution in [0.1, 0.15) is 23.1 Å². The quantitative estimate of drug-likeness (QED) is 0.526. The van der Waals surface area contributed by atoms with Gasteiger partial charge in [0.05, 0.1) is 0 Å². The van der Waals surface area contributed by atoms with Crippen molar-refractivity contribution < 1.29 is 0 Å². The van der Waals surface area contributed by atoms with Crippen molar-refractivity contribution in [3.8, 4) is 0 Å². The SMILES string of the molecule is c1ccc(CC[C](Cc2ccccc2)Cc2ccccc2)cc1. The number of benzene rings is 3. The Balaban J connectivity index is 1.67. The Kier molecular flexibility index (Phi) is 5.64. The maximum absolute atomic E-state index is 2.23. The van der Waals surface area contributed by atoms with Gasteiger partial charge in [-0.15, -0.1) is 0 Å². The van der Waals surface area contributed by atoms with Gasteiger partial charge in [-0.25, -0.2) is 0 Å².